The molecule has 6 nitrogen and oxygen atoms in total. The highest BCUT2D eigenvalue weighted by Gasteiger charge is 2.13. The number of carbonyl (C=O) groups is 2. The Kier molecular flexibility index (Phi) is 6.91. The molecule has 2 aromatic rings. The van der Waals surface area contributed by atoms with Crippen molar-refractivity contribution in [3.63, 3.8) is 0 Å². The van der Waals surface area contributed by atoms with Crippen LogP contribution in [0.4, 0.5) is 0 Å². The molecule has 0 saturated heterocycles. The minimum absolute atomic E-state index is 0.232. The molecule has 136 valence electrons. The molecule has 0 aliphatic heterocycles. The van der Waals surface area contributed by atoms with Crippen LogP contribution in [0, 0.1) is 5.92 Å². The average molecular weight is 354 g/mol. The van der Waals surface area contributed by atoms with Crippen molar-refractivity contribution in [3.8, 4) is 11.5 Å². The number of aromatic nitrogens is 1. The number of rotatable bonds is 7. The van der Waals surface area contributed by atoms with E-state index >= 15 is 0 Å². The zero-order valence-corrected chi connectivity index (χ0v) is 15.1. The lowest BCUT2D eigenvalue weighted by Gasteiger charge is -2.11. The number of esters is 1. The first kappa shape index (κ1) is 19.2. The van der Waals surface area contributed by atoms with Gasteiger partial charge in [0.15, 0.2) is 11.5 Å². The normalized spacial score (nSPS) is 10.8. The number of ether oxygens (including phenoxy) is 2. The molecule has 1 amide bonds. The summed E-state index contributed by atoms with van der Waals surface area (Å²) >= 11 is 0. The zero-order chi connectivity index (χ0) is 18.9. The van der Waals surface area contributed by atoms with E-state index in [4.69, 9.17) is 9.47 Å². The van der Waals surface area contributed by atoms with Crippen molar-refractivity contribution in [2.75, 3.05) is 7.11 Å². The Morgan fingerprint density at radius 3 is 2.65 bits per heavy atom. The molecule has 0 fully saturated rings. The van der Waals surface area contributed by atoms with Gasteiger partial charge in [-0.1, -0.05) is 26.0 Å². The van der Waals surface area contributed by atoms with E-state index < -0.39 is 0 Å². The number of nitrogens with one attached hydrogen (secondary N) is 1. The molecule has 0 unspecified atom stereocenters. The third kappa shape index (κ3) is 5.73. The van der Waals surface area contributed by atoms with Gasteiger partial charge in [0.25, 0.3) is 0 Å². The quantitative estimate of drug-likeness (QED) is 0.470. The Labute approximate surface area is 152 Å². The first-order valence-electron chi connectivity index (χ1n) is 8.25. The summed E-state index contributed by atoms with van der Waals surface area (Å²) in [6.07, 6.45) is 4.76. The number of hydrogen-bond acceptors (Lipinski definition) is 5. The Hall–Kier alpha value is -3.15. The summed E-state index contributed by atoms with van der Waals surface area (Å²) in [7, 11) is 1.50. The highest BCUT2D eigenvalue weighted by molar-refractivity contribution is 5.91. The maximum absolute atomic E-state index is 11.9. The van der Waals surface area contributed by atoms with Crippen LogP contribution in [0.25, 0.3) is 6.08 Å². The second-order valence-electron chi connectivity index (χ2n) is 5.86. The standard InChI is InChI=1S/C20H22N2O4/c1-14(2)20(24)26-17-9-7-15(12-18(17)25-3)8-10-19(23)22-13-16-6-4-5-11-21-16/h4-12,14H,13H2,1-3H3,(H,22,23)/b10-8+. The Morgan fingerprint density at radius 1 is 1.19 bits per heavy atom. The number of benzene rings is 1. The van der Waals surface area contributed by atoms with Crippen LogP contribution in [0.2, 0.25) is 0 Å². The summed E-state index contributed by atoms with van der Waals surface area (Å²) < 4.78 is 10.6. The highest BCUT2D eigenvalue weighted by Crippen LogP contribution is 2.29. The van der Waals surface area contributed by atoms with Gasteiger partial charge in [0.1, 0.15) is 0 Å². The third-order valence-corrected chi connectivity index (χ3v) is 3.47. The SMILES string of the molecule is COc1cc(/C=C/C(=O)NCc2ccccn2)ccc1OC(=O)C(C)C. The zero-order valence-electron chi connectivity index (χ0n) is 15.1. The minimum Gasteiger partial charge on any atom is -0.493 e. The summed E-state index contributed by atoms with van der Waals surface area (Å²) in [5.74, 6) is -0.0227. The first-order valence-corrected chi connectivity index (χ1v) is 8.25. The van der Waals surface area contributed by atoms with Crippen LogP contribution < -0.4 is 14.8 Å². The van der Waals surface area contributed by atoms with E-state index in [0.29, 0.717) is 18.0 Å². The van der Waals surface area contributed by atoms with Crippen molar-refractivity contribution in [3.05, 3.63) is 59.9 Å². The lowest BCUT2D eigenvalue weighted by atomic mass is 10.2. The fourth-order valence-corrected chi connectivity index (χ4v) is 2.01. The average Bonchev–Trinajstić information content (AvgIpc) is 2.66. The first-order chi connectivity index (χ1) is 12.5. The molecule has 0 aliphatic rings. The number of nitrogens with zero attached hydrogens (tertiary/aromatic N) is 1. The largest absolute Gasteiger partial charge is 0.493 e. The number of hydrogen-bond donors (Lipinski definition) is 1. The molecule has 0 atom stereocenters. The maximum atomic E-state index is 11.9. The third-order valence-electron chi connectivity index (χ3n) is 3.47. The smallest absolute Gasteiger partial charge is 0.313 e. The fraction of sp³-hybridized carbons (Fsp3) is 0.250. The minimum atomic E-state index is -0.333. The predicted octanol–water partition coefficient (Wildman–Crippen LogP) is 2.98. The van der Waals surface area contributed by atoms with Crippen LogP contribution >= 0.6 is 0 Å². The van der Waals surface area contributed by atoms with Gasteiger partial charge < -0.3 is 14.8 Å². The summed E-state index contributed by atoms with van der Waals surface area (Å²) in [6.45, 7) is 3.88. The van der Waals surface area contributed by atoms with E-state index in [1.807, 2.05) is 18.2 Å². The van der Waals surface area contributed by atoms with Gasteiger partial charge in [-0.25, -0.2) is 0 Å². The van der Waals surface area contributed by atoms with Crippen molar-refractivity contribution in [2.45, 2.75) is 20.4 Å². The molecule has 1 N–H and O–H groups in total. The van der Waals surface area contributed by atoms with E-state index in [1.165, 1.54) is 13.2 Å². The molecule has 0 radical (unpaired) electrons. The van der Waals surface area contributed by atoms with E-state index in [9.17, 15) is 9.59 Å². The van der Waals surface area contributed by atoms with Gasteiger partial charge in [0, 0.05) is 12.3 Å². The van der Waals surface area contributed by atoms with Crippen LogP contribution in [0.5, 0.6) is 11.5 Å². The van der Waals surface area contributed by atoms with Gasteiger partial charge in [-0.15, -0.1) is 0 Å². The number of pyridine rings is 1. The van der Waals surface area contributed by atoms with E-state index in [-0.39, 0.29) is 17.8 Å². The molecule has 6 heteroatoms. The van der Waals surface area contributed by atoms with Crippen molar-refractivity contribution >= 4 is 18.0 Å². The van der Waals surface area contributed by atoms with Gasteiger partial charge >= 0.3 is 5.97 Å². The predicted molar refractivity (Wildman–Crippen MR) is 98.6 cm³/mol. The van der Waals surface area contributed by atoms with Crippen LogP contribution in [0.15, 0.2) is 48.7 Å². The van der Waals surface area contributed by atoms with Crippen LogP contribution in [-0.4, -0.2) is 24.0 Å². The molecule has 0 bridgehead atoms. The van der Waals surface area contributed by atoms with Crippen molar-refractivity contribution < 1.29 is 19.1 Å². The molecule has 26 heavy (non-hydrogen) atoms. The molecule has 0 saturated carbocycles. The van der Waals surface area contributed by atoms with E-state index in [1.54, 1.807) is 44.3 Å². The Morgan fingerprint density at radius 2 is 2.00 bits per heavy atom. The van der Waals surface area contributed by atoms with Crippen molar-refractivity contribution in [1.82, 2.24) is 10.3 Å². The molecule has 2 rings (SSSR count). The lowest BCUT2D eigenvalue weighted by molar-refractivity contribution is -0.137. The number of methoxy groups -OCH3 is 1. The summed E-state index contributed by atoms with van der Waals surface area (Å²) in [5, 5.41) is 2.76. The van der Waals surface area contributed by atoms with Gasteiger partial charge in [-0.05, 0) is 35.9 Å². The second kappa shape index (κ2) is 9.36. The molecule has 1 aromatic carbocycles. The lowest BCUT2D eigenvalue weighted by Crippen LogP contribution is -2.20. The van der Waals surface area contributed by atoms with Crippen LogP contribution in [-0.2, 0) is 16.1 Å². The summed E-state index contributed by atoms with van der Waals surface area (Å²) in [4.78, 5) is 27.8. The van der Waals surface area contributed by atoms with E-state index in [2.05, 4.69) is 10.3 Å². The summed E-state index contributed by atoms with van der Waals surface area (Å²) in [6, 6.07) is 10.6. The van der Waals surface area contributed by atoms with Gasteiger partial charge in [-0.3, -0.25) is 14.6 Å². The topological polar surface area (TPSA) is 77.5 Å². The molecule has 1 aromatic heterocycles. The monoisotopic (exact) mass is 354 g/mol. The number of carbonyl (C=O) groups excluding carboxylic acids is 2. The van der Waals surface area contributed by atoms with Crippen molar-refractivity contribution in [2.24, 2.45) is 5.92 Å². The highest BCUT2D eigenvalue weighted by atomic mass is 16.6. The Bertz CT molecular complexity index is 786. The fourth-order valence-electron chi connectivity index (χ4n) is 2.01. The molecular weight excluding hydrogens is 332 g/mol. The van der Waals surface area contributed by atoms with Crippen LogP contribution in [0.3, 0.4) is 0 Å². The van der Waals surface area contributed by atoms with Crippen molar-refractivity contribution in [1.29, 1.82) is 0 Å². The maximum Gasteiger partial charge on any atom is 0.313 e. The molecular formula is C20H22N2O4. The summed E-state index contributed by atoms with van der Waals surface area (Å²) in [5.41, 5.74) is 1.53. The van der Waals surface area contributed by atoms with E-state index in [0.717, 1.165) is 11.3 Å². The van der Waals surface area contributed by atoms with Gasteiger partial charge in [0.05, 0.1) is 25.3 Å². The molecule has 0 spiro atoms. The van der Waals surface area contributed by atoms with Crippen LogP contribution in [0.1, 0.15) is 25.1 Å². The Balaban J connectivity index is 1.98. The molecule has 0 aliphatic carbocycles. The van der Waals surface area contributed by atoms with Gasteiger partial charge in [0.2, 0.25) is 5.91 Å². The second-order valence-corrected chi connectivity index (χ2v) is 5.86. The molecule has 1 heterocycles. The van der Waals surface area contributed by atoms with Gasteiger partial charge in [-0.2, -0.15) is 0 Å². The number of amides is 1.